The van der Waals surface area contributed by atoms with Gasteiger partial charge in [0.05, 0.1) is 6.04 Å². The summed E-state index contributed by atoms with van der Waals surface area (Å²) in [6, 6.07) is 27.6. The number of amides is 2. The predicted octanol–water partition coefficient (Wildman–Crippen LogP) is 5.06. The molecule has 1 unspecified atom stereocenters. The molecule has 1 atom stereocenters. The van der Waals surface area contributed by atoms with Crippen molar-refractivity contribution in [3.63, 3.8) is 0 Å². The molecule has 1 saturated heterocycles. The van der Waals surface area contributed by atoms with Crippen molar-refractivity contribution in [2.24, 2.45) is 0 Å². The van der Waals surface area contributed by atoms with E-state index in [2.05, 4.69) is 74.7 Å². The lowest BCUT2D eigenvalue weighted by atomic mass is 9.95. The van der Waals surface area contributed by atoms with Crippen LogP contribution in [0.2, 0.25) is 0 Å². The normalized spacial score (nSPS) is 18.1. The number of urea groups is 1. The lowest BCUT2D eigenvalue weighted by Crippen LogP contribution is -2.56. The van der Waals surface area contributed by atoms with Crippen LogP contribution in [-0.4, -0.2) is 61.2 Å². The zero-order chi connectivity index (χ0) is 25.0. The van der Waals surface area contributed by atoms with Gasteiger partial charge >= 0.3 is 6.03 Å². The Morgan fingerprint density at radius 2 is 1.65 bits per heavy atom. The molecule has 1 fully saturated rings. The second-order valence-corrected chi connectivity index (χ2v) is 10.2. The zero-order valence-corrected chi connectivity index (χ0v) is 21.3. The third-order valence-electron chi connectivity index (χ3n) is 7.87. The molecule has 0 bridgehead atoms. The minimum atomic E-state index is 0.0193. The molecule has 6 nitrogen and oxygen atoms in total. The first kappa shape index (κ1) is 23.6. The fraction of sp³-hybridized carbons (Fsp3) is 0.323. The molecule has 190 valence electrons. The van der Waals surface area contributed by atoms with Gasteiger partial charge in [-0.05, 0) is 54.7 Å². The van der Waals surface area contributed by atoms with Gasteiger partial charge in [0.25, 0.3) is 0 Å². The zero-order valence-electron chi connectivity index (χ0n) is 21.3. The maximum Gasteiger partial charge on any atom is 0.322 e. The van der Waals surface area contributed by atoms with Gasteiger partial charge < -0.3 is 15.2 Å². The number of fused-ring (bicyclic) bond motifs is 2. The predicted molar refractivity (Wildman–Crippen MR) is 152 cm³/mol. The number of para-hydroxylation sites is 1. The molecule has 0 aliphatic carbocycles. The Bertz CT molecular complexity index is 1340. The van der Waals surface area contributed by atoms with E-state index in [9.17, 15) is 4.79 Å². The molecule has 0 spiro atoms. The van der Waals surface area contributed by atoms with Crippen molar-refractivity contribution in [2.45, 2.75) is 25.3 Å². The van der Waals surface area contributed by atoms with E-state index < -0.39 is 0 Å². The highest BCUT2D eigenvalue weighted by molar-refractivity contribution is 5.94. The Kier molecular flexibility index (Phi) is 6.82. The molecule has 4 aromatic rings. The molecule has 37 heavy (non-hydrogen) atoms. The number of hydrogen-bond acceptors (Lipinski definition) is 3. The number of rotatable bonds is 6. The molecule has 2 N–H and O–H groups in total. The summed E-state index contributed by atoms with van der Waals surface area (Å²) < 4.78 is 0. The third-order valence-corrected chi connectivity index (χ3v) is 7.87. The van der Waals surface area contributed by atoms with E-state index in [1.807, 2.05) is 35.4 Å². The minimum Gasteiger partial charge on any atom is -0.368 e. The van der Waals surface area contributed by atoms with Crippen LogP contribution in [0.3, 0.4) is 0 Å². The monoisotopic (exact) mass is 493 g/mol. The Morgan fingerprint density at radius 1 is 0.865 bits per heavy atom. The van der Waals surface area contributed by atoms with Crippen molar-refractivity contribution >= 4 is 28.3 Å². The number of hydrogen-bond donors (Lipinski definition) is 2. The summed E-state index contributed by atoms with van der Waals surface area (Å²) in [6.45, 7) is 5.54. The van der Waals surface area contributed by atoms with E-state index in [0.717, 1.165) is 57.7 Å². The van der Waals surface area contributed by atoms with Gasteiger partial charge in [-0.3, -0.25) is 9.80 Å². The first-order valence-corrected chi connectivity index (χ1v) is 13.5. The van der Waals surface area contributed by atoms with Crippen molar-refractivity contribution in [3.8, 4) is 0 Å². The molecule has 3 heterocycles. The Morgan fingerprint density at radius 3 is 2.51 bits per heavy atom. The number of aromatic amines is 1. The third kappa shape index (κ3) is 5.07. The summed E-state index contributed by atoms with van der Waals surface area (Å²) in [6.07, 6.45) is 4.86. The van der Waals surface area contributed by atoms with Crippen LogP contribution in [0.1, 0.15) is 17.5 Å². The number of nitrogens with zero attached hydrogens (tertiary/aromatic N) is 3. The smallest absolute Gasteiger partial charge is 0.322 e. The lowest BCUT2D eigenvalue weighted by molar-refractivity contribution is 0.220. The Balaban J connectivity index is 1.11. The SMILES string of the molecule is O=C(NCCc1ccccc1)N1c2ccccc2CCC1CN1CCN(c2cccc3[nH]ccc23)CC1. The van der Waals surface area contributed by atoms with Crippen LogP contribution in [0, 0.1) is 0 Å². The van der Waals surface area contributed by atoms with Gasteiger partial charge in [-0.2, -0.15) is 0 Å². The number of carbonyl (C=O) groups is 1. The summed E-state index contributed by atoms with van der Waals surface area (Å²) in [7, 11) is 0. The molecule has 2 aliphatic heterocycles. The van der Waals surface area contributed by atoms with Gasteiger partial charge in [0, 0.05) is 67.7 Å². The average molecular weight is 494 g/mol. The first-order valence-electron chi connectivity index (χ1n) is 13.5. The standard InChI is InChI=1S/C31H35N5O/c37-31(33-17-15-24-7-2-1-3-8-24)36-26(14-13-25-9-4-5-11-29(25)36)23-34-19-21-35(22-20-34)30-12-6-10-28-27(30)16-18-32-28/h1-12,16,18,26,32H,13-15,17,19-23H2,(H,33,37). The molecule has 6 rings (SSSR count). The molecule has 2 amide bonds. The second-order valence-electron chi connectivity index (χ2n) is 10.2. The highest BCUT2D eigenvalue weighted by Crippen LogP contribution is 2.32. The lowest BCUT2D eigenvalue weighted by Gasteiger charge is -2.42. The van der Waals surface area contributed by atoms with Gasteiger partial charge in [0.15, 0.2) is 0 Å². The Labute approximate surface area is 218 Å². The number of H-pyrrole nitrogens is 1. The van der Waals surface area contributed by atoms with Gasteiger partial charge in [0.1, 0.15) is 0 Å². The van der Waals surface area contributed by atoms with Crippen LogP contribution < -0.4 is 15.1 Å². The van der Waals surface area contributed by atoms with Crippen molar-refractivity contribution in [3.05, 3.63) is 96.2 Å². The van der Waals surface area contributed by atoms with Crippen LogP contribution in [0.25, 0.3) is 10.9 Å². The molecular formula is C31H35N5O. The summed E-state index contributed by atoms with van der Waals surface area (Å²) in [4.78, 5) is 23.9. The first-order chi connectivity index (χ1) is 18.3. The summed E-state index contributed by atoms with van der Waals surface area (Å²) in [5.41, 5.74) is 6.07. The molecule has 0 radical (unpaired) electrons. The molecule has 3 aromatic carbocycles. The summed E-state index contributed by atoms with van der Waals surface area (Å²) >= 11 is 0. The Hall–Kier alpha value is -3.77. The number of anilines is 2. The van der Waals surface area contributed by atoms with Gasteiger partial charge in [-0.1, -0.05) is 54.6 Å². The van der Waals surface area contributed by atoms with Crippen LogP contribution in [0.15, 0.2) is 85.1 Å². The molecule has 2 aliphatic rings. The van der Waals surface area contributed by atoms with E-state index in [0.29, 0.717) is 6.54 Å². The second kappa shape index (κ2) is 10.7. The van der Waals surface area contributed by atoms with E-state index in [4.69, 9.17) is 0 Å². The van der Waals surface area contributed by atoms with Crippen LogP contribution in [-0.2, 0) is 12.8 Å². The minimum absolute atomic E-state index is 0.0193. The number of aryl methyl sites for hydroxylation is 1. The number of benzene rings is 3. The van der Waals surface area contributed by atoms with Crippen molar-refractivity contribution in [1.29, 1.82) is 0 Å². The largest absolute Gasteiger partial charge is 0.368 e. The van der Waals surface area contributed by atoms with Crippen molar-refractivity contribution in [2.75, 3.05) is 49.1 Å². The van der Waals surface area contributed by atoms with E-state index in [1.165, 1.54) is 27.7 Å². The van der Waals surface area contributed by atoms with Crippen molar-refractivity contribution in [1.82, 2.24) is 15.2 Å². The fourth-order valence-corrected chi connectivity index (χ4v) is 5.91. The molecule has 1 aromatic heterocycles. The maximum atomic E-state index is 13.5. The molecule has 0 saturated carbocycles. The van der Waals surface area contributed by atoms with Gasteiger partial charge in [-0.25, -0.2) is 4.79 Å². The van der Waals surface area contributed by atoms with E-state index in [1.54, 1.807) is 0 Å². The fourth-order valence-electron chi connectivity index (χ4n) is 5.91. The topological polar surface area (TPSA) is 54.6 Å². The van der Waals surface area contributed by atoms with E-state index >= 15 is 0 Å². The highest BCUT2D eigenvalue weighted by Gasteiger charge is 2.33. The van der Waals surface area contributed by atoms with Crippen LogP contribution in [0.5, 0.6) is 0 Å². The summed E-state index contributed by atoms with van der Waals surface area (Å²) in [5, 5.41) is 4.50. The molecule has 6 heteroatoms. The van der Waals surface area contributed by atoms with Crippen molar-refractivity contribution < 1.29 is 4.79 Å². The van der Waals surface area contributed by atoms with Crippen LogP contribution >= 0.6 is 0 Å². The number of carbonyl (C=O) groups excluding carboxylic acids is 1. The van der Waals surface area contributed by atoms with Gasteiger partial charge in [-0.15, -0.1) is 0 Å². The van der Waals surface area contributed by atoms with Gasteiger partial charge in [0.2, 0.25) is 0 Å². The van der Waals surface area contributed by atoms with Crippen LogP contribution in [0.4, 0.5) is 16.2 Å². The average Bonchev–Trinajstić information content (AvgIpc) is 3.43. The number of piperazine rings is 1. The highest BCUT2D eigenvalue weighted by atomic mass is 16.2. The molecular weight excluding hydrogens is 458 g/mol. The summed E-state index contributed by atoms with van der Waals surface area (Å²) in [5.74, 6) is 0. The van der Waals surface area contributed by atoms with E-state index in [-0.39, 0.29) is 12.1 Å². The number of aromatic nitrogens is 1. The maximum absolute atomic E-state index is 13.5. The quantitative estimate of drug-likeness (QED) is 0.395. The number of nitrogens with one attached hydrogen (secondary N) is 2.